The van der Waals surface area contributed by atoms with Crippen LogP contribution in [-0.2, 0) is 0 Å². The minimum absolute atomic E-state index is 0. The highest BCUT2D eigenvalue weighted by Gasteiger charge is 2.22. The second-order valence-electron chi connectivity index (χ2n) is 3.20. The largest absolute Gasteiger partial charge is 0.465 e. The van der Waals surface area contributed by atoms with E-state index in [2.05, 4.69) is 0 Å². The molecular weight excluding hydrogens is 190 g/mol. The normalized spacial score (nSPS) is 14.2. The first-order valence-corrected chi connectivity index (χ1v) is 4.55. The van der Waals surface area contributed by atoms with Gasteiger partial charge in [0, 0.05) is 12.1 Å². The molecule has 0 rings (SSSR count). The van der Waals surface area contributed by atoms with E-state index >= 15 is 0 Å². The lowest BCUT2D eigenvalue weighted by Gasteiger charge is -2.30. The summed E-state index contributed by atoms with van der Waals surface area (Å²) >= 11 is 0. The van der Waals surface area contributed by atoms with Crippen LogP contribution in [0.1, 0.15) is 40.5 Å². The van der Waals surface area contributed by atoms with E-state index in [-0.39, 0.29) is 24.5 Å². The number of amides is 1. The molecule has 0 aromatic carbocycles. The SMILES string of the molecule is CCC(C)N(C(=O)O)C(C)CC.Cl. The molecular formula is C9H20ClNO2. The molecule has 0 aliphatic heterocycles. The monoisotopic (exact) mass is 209 g/mol. The van der Waals surface area contributed by atoms with Crippen LogP contribution in [0.5, 0.6) is 0 Å². The zero-order valence-electron chi connectivity index (χ0n) is 8.78. The van der Waals surface area contributed by atoms with Crippen molar-refractivity contribution >= 4 is 18.5 Å². The minimum atomic E-state index is -0.807. The summed E-state index contributed by atoms with van der Waals surface area (Å²) in [7, 11) is 0. The van der Waals surface area contributed by atoms with Gasteiger partial charge < -0.3 is 10.0 Å². The quantitative estimate of drug-likeness (QED) is 0.774. The predicted octanol–water partition coefficient (Wildman–Crippen LogP) is 2.99. The van der Waals surface area contributed by atoms with Gasteiger partial charge in [0.2, 0.25) is 0 Å². The Kier molecular flexibility index (Phi) is 8.12. The lowest BCUT2D eigenvalue weighted by Crippen LogP contribution is -2.43. The van der Waals surface area contributed by atoms with Gasteiger partial charge in [-0.2, -0.15) is 0 Å². The average molecular weight is 210 g/mol. The highest BCUT2D eigenvalue weighted by molar-refractivity contribution is 5.85. The molecule has 4 heteroatoms. The van der Waals surface area contributed by atoms with Crippen molar-refractivity contribution in [1.29, 1.82) is 0 Å². The van der Waals surface area contributed by atoms with Crippen LogP contribution in [0.15, 0.2) is 0 Å². The second kappa shape index (κ2) is 7.01. The number of hydrogen-bond acceptors (Lipinski definition) is 1. The molecule has 0 spiro atoms. The van der Waals surface area contributed by atoms with Crippen LogP contribution in [0, 0.1) is 0 Å². The van der Waals surface area contributed by atoms with Crippen LogP contribution < -0.4 is 0 Å². The molecule has 0 saturated carbocycles. The van der Waals surface area contributed by atoms with Gasteiger partial charge >= 0.3 is 6.09 Å². The van der Waals surface area contributed by atoms with Crippen molar-refractivity contribution in [1.82, 2.24) is 4.90 Å². The van der Waals surface area contributed by atoms with E-state index in [0.29, 0.717) is 0 Å². The maximum atomic E-state index is 10.8. The molecule has 0 aromatic rings. The molecule has 0 saturated heterocycles. The first-order chi connectivity index (χ1) is 5.54. The smallest absolute Gasteiger partial charge is 0.407 e. The molecule has 0 aliphatic carbocycles. The fourth-order valence-corrected chi connectivity index (χ4v) is 1.20. The van der Waals surface area contributed by atoms with E-state index in [0.717, 1.165) is 12.8 Å². The van der Waals surface area contributed by atoms with Gasteiger partial charge in [-0.05, 0) is 26.7 Å². The van der Waals surface area contributed by atoms with Crippen LogP contribution in [0.4, 0.5) is 4.79 Å². The van der Waals surface area contributed by atoms with Crippen LogP contribution in [0.25, 0.3) is 0 Å². The molecule has 0 aliphatic rings. The molecule has 0 heterocycles. The van der Waals surface area contributed by atoms with Gasteiger partial charge in [-0.25, -0.2) is 4.79 Å². The number of carbonyl (C=O) groups is 1. The van der Waals surface area contributed by atoms with E-state index in [1.165, 1.54) is 4.90 Å². The maximum absolute atomic E-state index is 10.8. The number of carboxylic acid groups (broad SMARTS) is 1. The van der Waals surface area contributed by atoms with Crippen molar-refractivity contribution in [2.45, 2.75) is 52.6 Å². The van der Waals surface area contributed by atoms with Gasteiger partial charge in [0.15, 0.2) is 0 Å². The Balaban J connectivity index is 0. The third-order valence-electron chi connectivity index (χ3n) is 2.35. The molecule has 2 unspecified atom stereocenters. The summed E-state index contributed by atoms with van der Waals surface area (Å²) in [5.74, 6) is 0. The average Bonchev–Trinajstić information content (AvgIpc) is 2.03. The van der Waals surface area contributed by atoms with E-state index in [1.54, 1.807) is 0 Å². The van der Waals surface area contributed by atoms with Crippen molar-refractivity contribution in [3.63, 3.8) is 0 Å². The number of rotatable bonds is 4. The number of halogens is 1. The Labute approximate surface area is 86.5 Å². The zero-order chi connectivity index (χ0) is 9.72. The first kappa shape index (κ1) is 15.1. The molecule has 2 atom stereocenters. The van der Waals surface area contributed by atoms with Crippen molar-refractivity contribution in [3.8, 4) is 0 Å². The number of hydrogen-bond donors (Lipinski definition) is 1. The molecule has 13 heavy (non-hydrogen) atoms. The summed E-state index contributed by atoms with van der Waals surface area (Å²) < 4.78 is 0. The Morgan fingerprint density at radius 2 is 1.54 bits per heavy atom. The molecule has 0 aromatic heterocycles. The third-order valence-corrected chi connectivity index (χ3v) is 2.35. The summed E-state index contributed by atoms with van der Waals surface area (Å²) in [4.78, 5) is 12.4. The highest BCUT2D eigenvalue weighted by Crippen LogP contribution is 2.11. The Morgan fingerprint density at radius 1 is 1.23 bits per heavy atom. The number of nitrogens with zero attached hydrogens (tertiary/aromatic N) is 1. The van der Waals surface area contributed by atoms with Gasteiger partial charge in [0.25, 0.3) is 0 Å². The summed E-state index contributed by atoms with van der Waals surface area (Å²) in [5.41, 5.74) is 0. The minimum Gasteiger partial charge on any atom is -0.465 e. The Hall–Kier alpha value is -0.440. The molecule has 80 valence electrons. The van der Waals surface area contributed by atoms with Crippen molar-refractivity contribution in [2.24, 2.45) is 0 Å². The standard InChI is InChI=1S/C9H19NO2.ClH/c1-5-7(3)10(9(11)12)8(4)6-2;/h7-8H,5-6H2,1-4H3,(H,11,12);1H. The maximum Gasteiger partial charge on any atom is 0.407 e. The van der Waals surface area contributed by atoms with E-state index in [4.69, 9.17) is 5.11 Å². The zero-order valence-corrected chi connectivity index (χ0v) is 9.60. The highest BCUT2D eigenvalue weighted by atomic mass is 35.5. The predicted molar refractivity (Wildman–Crippen MR) is 56.6 cm³/mol. The Bertz CT molecular complexity index is 143. The molecule has 1 N–H and O–H groups in total. The van der Waals surface area contributed by atoms with Gasteiger partial charge in [-0.3, -0.25) is 0 Å². The third kappa shape index (κ3) is 4.36. The van der Waals surface area contributed by atoms with Gasteiger partial charge in [-0.15, -0.1) is 12.4 Å². The van der Waals surface area contributed by atoms with E-state index in [9.17, 15) is 4.79 Å². The van der Waals surface area contributed by atoms with E-state index < -0.39 is 6.09 Å². The van der Waals surface area contributed by atoms with Gasteiger partial charge in [-0.1, -0.05) is 13.8 Å². The van der Waals surface area contributed by atoms with Crippen molar-refractivity contribution in [3.05, 3.63) is 0 Å². The first-order valence-electron chi connectivity index (χ1n) is 4.55. The van der Waals surface area contributed by atoms with E-state index in [1.807, 2.05) is 27.7 Å². The summed E-state index contributed by atoms with van der Waals surface area (Å²) in [6.45, 7) is 7.90. The molecule has 0 fully saturated rings. The Morgan fingerprint density at radius 3 is 1.69 bits per heavy atom. The summed E-state index contributed by atoms with van der Waals surface area (Å²) in [5, 5.41) is 8.90. The lowest BCUT2D eigenvalue weighted by molar-refractivity contribution is 0.104. The molecule has 3 nitrogen and oxygen atoms in total. The topological polar surface area (TPSA) is 40.5 Å². The van der Waals surface area contributed by atoms with Crippen molar-refractivity contribution < 1.29 is 9.90 Å². The summed E-state index contributed by atoms with van der Waals surface area (Å²) in [6.07, 6.45) is 0.937. The van der Waals surface area contributed by atoms with Crippen LogP contribution in [-0.4, -0.2) is 28.2 Å². The van der Waals surface area contributed by atoms with Crippen LogP contribution in [0.2, 0.25) is 0 Å². The van der Waals surface area contributed by atoms with Crippen molar-refractivity contribution in [2.75, 3.05) is 0 Å². The molecule has 0 bridgehead atoms. The molecule has 1 amide bonds. The second-order valence-corrected chi connectivity index (χ2v) is 3.20. The lowest BCUT2D eigenvalue weighted by atomic mass is 10.1. The fraction of sp³-hybridized carbons (Fsp3) is 0.889. The van der Waals surface area contributed by atoms with Gasteiger partial charge in [0.05, 0.1) is 0 Å². The van der Waals surface area contributed by atoms with Crippen LogP contribution in [0.3, 0.4) is 0 Å². The fourth-order valence-electron chi connectivity index (χ4n) is 1.20. The van der Waals surface area contributed by atoms with Gasteiger partial charge in [0.1, 0.15) is 0 Å². The van der Waals surface area contributed by atoms with Crippen LogP contribution >= 0.6 is 12.4 Å². The molecule has 0 radical (unpaired) electrons. The summed E-state index contributed by atoms with van der Waals surface area (Å²) in [6, 6.07) is 0.245.